The predicted molar refractivity (Wildman–Crippen MR) is 76.2 cm³/mol. The third-order valence-electron chi connectivity index (χ3n) is 3.44. The molecule has 0 unspecified atom stereocenters. The first-order valence-corrected chi connectivity index (χ1v) is 6.63. The molecule has 9 heteroatoms. The van der Waals surface area contributed by atoms with Crippen LogP contribution >= 0.6 is 0 Å². The fourth-order valence-electron chi connectivity index (χ4n) is 2.46. The number of primary amides is 1. The summed E-state index contributed by atoms with van der Waals surface area (Å²) >= 11 is 0. The Morgan fingerprint density at radius 1 is 1.35 bits per heavy atom. The van der Waals surface area contributed by atoms with E-state index < -0.39 is 17.6 Å². The normalized spacial score (nSPS) is 12.0. The molecule has 0 aliphatic heterocycles. The number of hydrogen-bond donors (Lipinski definition) is 2. The molecule has 6 nitrogen and oxygen atoms in total. The van der Waals surface area contributed by atoms with Gasteiger partial charge in [-0.1, -0.05) is 0 Å². The molecule has 0 fully saturated rings. The summed E-state index contributed by atoms with van der Waals surface area (Å²) in [5, 5.41) is 11.0. The van der Waals surface area contributed by atoms with Crippen molar-refractivity contribution >= 4 is 16.8 Å². The third-order valence-corrected chi connectivity index (χ3v) is 3.44. The first-order chi connectivity index (χ1) is 10.8. The molecular formula is C14H12F3N5O. The van der Waals surface area contributed by atoms with E-state index in [-0.39, 0.29) is 12.1 Å². The average Bonchev–Trinajstić information content (AvgIpc) is 3.02. The van der Waals surface area contributed by atoms with Gasteiger partial charge < -0.3 is 5.73 Å². The van der Waals surface area contributed by atoms with Crippen molar-refractivity contribution in [2.75, 3.05) is 0 Å². The molecule has 0 radical (unpaired) electrons. The number of nitrogens with one attached hydrogen (secondary N) is 1. The number of hydrogen-bond acceptors (Lipinski definition) is 3. The first-order valence-electron chi connectivity index (χ1n) is 6.63. The van der Waals surface area contributed by atoms with Gasteiger partial charge in [0.1, 0.15) is 6.54 Å². The zero-order valence-corrected chi connectivity index (χ0v) is 12.0. The summed E-state index contributed by atoms with van der Waals surface area (Å²) in [4.78, 5) is 11.0. The molecule has 3 N–H and O–H groups in total. The zero-order chi connectivity index (χ0) is 16.8. The van der Waals surface area contributed by atoms with E-state index in [1.54, 1.807) is 6.92 Å². The van der Waals surface area contributed by atoms with Crippen molar-refractivity contribution in [3.8, 4) is 11.1 Å². The van der Waals surface area contributed by atoms with Crippen molar-refractivity contribution in [3.05, 3.63) is 35.8 Å². The van der Waals surface area contributed by atoms with E-state index >= 15 is 0 Å². The minimum Gasteiger partial charge on any atom is -0.368 e. The second kappa shape index (κ2) is 5.11. The maximum Gasteiger partial charge on any atom is 0.416 e. The monoisotopic (exact) mass is 323 g/mol. The van der Waals surface area contributed by atoms with Gasteiger partial charge >= 0.3 is 6.18 Å². The summed E-state index contributed by atoms with van der Waals surface area (Å²) in [6, 6.07) is 2.06. The summed E-state index contributed by atoms with van der Waals surface area (Å²) in [5.41, 5.74) is 5.93. The van der Waals surface area contributed by atoms with Crippen molar-refractivity contribution < 1.29 is 18.0 Å². The molecular weight excluding hydrogens is 311 g/mol. The second-order valence-corrected chi connectivity index (χ2v) is 5.14. The van der Waals surface area contributed by atoms with Gasteiger partial charge in [-0.2, -0.15) is 23.4 Å². The number of aryl methyl sites for hydroxylation is 1. The highest BCUT2D eigenvalue weighted by atomic mass is 19.4. The lowest BCUT2D eigenvalue weighted by Gasteiger charge is -2.09. The van der Waals surface area contributed by atoms with Crippen molar-refractivity contribution in [1.29, 1.82) is 0 Å². The highest BCUT2D eigenvalue weighted by molar-refractivity contribution is 5.95. The molecule has 1 amide bonds. The number of aromatic amines is 1. The van der Waals surface area contributed by atoms with Crippen LogP contribution in [0.3, 0.4) is 0 Å². The van der Waals surface area contributed by atoms with Crippen molar-refractivity contribution in [2.24, 2.45) is 5.73 Å². The van der Waals surface area contributed by atoms with Crippen molar-refractivity contribution in [1.82, 2.24) is 20.0 Å². The molecule has 0 atom stereocenters. The van der Waals surface area contributed by atoms with E-state index in [2.05, 4.69) is 15.3 Å². The predicted octanol–water partition coefficient (Wildman–Crippen LogP) is 2.24. The molecule has 0 saturated carbocycles. The Morgan fingerprint density at radius 2 is 2.09 bits per heavy atom. The minimum absolute atomic E-state index is 0.145. The standard InChI is InChI=1S/C14H12F3N5O/c1-7-11(5-22(21-7)6-13(18)23)9-2-8(14(15,16)17)3-12-10(9)4-19-20-12/h2-5H,6H2,1H3,(H2,18,23)(H,19,20). The zero-order valence-electron chi connectivity index (χ0n) is 12.0. The number of benzene rings is 1. The SMILES string of the molecule is Cc1nn(CC(N)=O)cc1-c1cc(C(F)(F)F)cc2[nH]ncc12. The van der Waals surface area contributed by atoms with E-state index in [1.807, 2.05) is 0 Å². The smallest absolute Gasteiger partial charge is 0.368 e. The van der Waals surface area contributed by atoms with Gasteiger partial charge in [0.05, 0.1) is 23.0 Å². The largest absolute Gasteiger partial charge is 0.416 e. The molecule has 23 heavy (non-hydrogen) atoms. The van der Waals surface area contributed by atoms with Crippen molar-refractivity contribution in [3.63, 3.8) is 0 Å². The highest BCUT2D eigenvalue weighted by Crippen LogP contribution is 2.37. The number of nitrogens with two attached hydrogens (primary N) is 1. The number of amides is 1. The molecule has 0 bridgehead atoms. The summed E-state index contributed by atoms with van der Waals surface area (Å²) in [6.45, 7) is 1.51. The quantitative estimate of drug-likeness (QED) is 0.774. The number of halogens is 3. The number of alkyl halides is 3. The summed E-state index contributed by atoms with van der Waals surface area (Å²) in [6.07, 6.45) is -1.52. The number of carbonyl (C=O) groups excluding carboxylic acids is 1. The van der Waals surface area contributed by atoms with E-state index in [1.165, 1.54) is 17.1 Å². The van der Waals surface area contributed by atoms with E-state index in [0.717, 1.165) is 12.1 Å². The molecule has 3 rings (SSSR count). The number of aromatic nitrogens is 4. The Balaban J connectivity index is 2.21. The lowest BCUT2D eigenvalue weighted by Crippen LogP contribution is -2.18. The van der Waals surface area contributed by atoms with Crippen LogP contribution in [0.25, 0.3) is 22.0 Å². The molecule has 0 saturated heterocycles. The second-order valence-electron chi connectivity index (χ2n) is 5.14. The number of nitrogens with zero attached hydrogens (tertiary/aromatic N) is 3. The Kier molecular flexibility index (Phi) is 3.35. The van der Waals surface area contributed by atoms with Crippen LogP contribution in [0.15, 0.2) is 24.5 Å². The average molecular weight is 323 g/mol. The Hall–Kier alpha value is -2.84. The topological polar surface area (TPSA) is 89.6 Å². The maximum atomic E-state index is 13.1. The van der Waals surface area contributed by atoms with Gasteiger partial charge in [-0.05, 0) is 24.6 Å². The molecule has 0 aliphatic rings. The Bertz CT molecular complexity index is 894. The van der Waals surface area contributed by atoms with Crippen LogP contribution in [0.1, 0.15) is 11.3 Å². The van der Waals surface area contributed by atoms with Gasteiger partial charge in [0.25, 0.3) is 0 Å². The van der Waals surface area contributed by atoms with Gasteiger partial charge in [0.15, 0.2) is 0 Å². The van der Waals surface area contributed by atoms with Crippen LogP contribution in [0.4, 0.5) is 13.2 Å². The Labute approximate surface area is 128 Å². The fourth-order valence-corrected chi connectivity index (χ4v) is 2.46. The van der Waals surface area contributed by atoms with E-state index in [9.17, 15) is 18.0 Å². The number of carbonyl (C=O) groups is 1. The van der Waals surface area contributed by atoms with E-state index in [0.29, 0.717) is 22.2 Å². The maximum absolute atomic E-state index is 13.1. The number of fused-ring (bicyclic) bond motifs is 1. The summed E-state index contributed by atoms with van der Waals surface area (Å²) in [5.74, 6) is -0.587. The van der Waals surface area contributed by atoms with Gasteiger partial charge in [-0.3, -0.25) is 14.6 Å². The van der Waals surface area contributed by atoms with Crippen LogP contribution in [-0.2, 0) is 17.5 Å². The third kappa shape index (κ3) is 2.77. The van der Waals surface area contributed by atoms with Crippen LogP contribution in [0.5, 0.6) is 0 Å². The molecule has 120 valence electrons. The lowest BCUT2D eigenvalue weighted by atomic mass is 9.99. The van der Waals surface area contributed by atoms with Crippen molar-refractivity contribution in [2.45, 2.75) is 19.6 Å². The fraction of sp³-hybridized carbons (Fsp3) is 0.214. The van der Waals surface area contributed by atoms with E-state index in [4.69, 9.17) is 5.73 Å². The Morgan fingerprint density at radius 3 is 2.74 bits per heavy atom. The summed E-state index contributed by atoms with van der Waals surface area (Å²) < 4.78 is 40.5. The minimum atomic E-state index is -4.48. The van der Waals surface area contributed by atoms with Crippen LogP contribution in [0, 0.1) is 6.92 Å². The molecule has 3 aromatic rings. The summed E-state index contributed by atoms with van der Waals surface area (Å²) in [7, 11) is 0. The first kappa shape index (κ1) is 15.1. The van der Waals surface area contributed by atoms with Crippen LogP contribution in [-0.4, -0.2) is 25.9 Å². The molecule has 2 heterocycles. The van der Waals surface area contributed by atoms with Gasteiger partial charge in [-0.25, -0.2) is 0 Å². The highest BCUT2D eigenvalue weighted by Gasteiger charge is 2.32. The molecule has 0 aliphatic carbocycles. The van der Waals surface area contributed by atoms with Crippen LogP contribution in [0.2, 0.25) is 0 Å². The lowest BCUT2D eigenvalue weighted by molar-refractivity contribution is -0.137. The number of H-pyrrole nitrogens is 1. The molecule has 1 aromatic carbocycles. The van der Waals surface area contributed by atoms with Gasteiger partial charge in [0.2, 0.25) is 5.91 Å². The van der Waals surface area contributed by atoms with Crippen LogP contribution < -0.4 is 5.73 Å². The van der Waals surface area contributed by atoms with Gasteiger partial charge in [-0.15, -0.1) is 0 Å². The van der Waals surface area contributed by atoms with Gasteiger partial charge in [0, 0.05) is 17.1 Å². The number of rotatable bonds is 3. The molecule has 0 spiro atoms. The molecule has 2 aromatic heterocycles.